The van der Waals surface area contributed by atoms with E-state index in [9.17, 15) is 5.11 Å². The van der Waals surface area contributed by atoms with E-state index in [0.717, 1.165) is 39.7 Å². The van der Waals surface area contributed by atoms with E-state index >= 15 is 4.39 Å². The minimum absolute atomic E-state index is 0.353. The van der Waals surface area contributed by atoms with Crippen molar-refractivity contribution in [3.05, 3.63) is 65.6 Å². The Balaban J connectivity index is 1.88. The van der Waals surface area contributed by atoms with Crippen LogP contribution in [0.1, 0.15) is 56.6 Å². The van der Waals surface area contributed by atoms with Crippen LogP contribution in [-0.4, -0.2) is 39.6 Å². The first-order valence-corrected chi connectivity index (χ1v) is 11.7. The first kappa shape index (κ1) is 23.0. The van der Waals surface area contributed by atoms with Crippen LogP contribution >= 0.6 is 0 Å². The van der Waals surface area contributed by atoms with Crippen molar-refractivity contribution in [2.45, 2.75) is 52.2 Å². The Morgan fingerprint density at radius 1 is 1.11 bits per heavy atom. The first-order chi connectivity index (χ1) is 16.7. The van der Waals surface area contributed by atoms with Crippen LogP contribution in [0, 0.1) is 12.7 Å². The molecule has 9 heteroatoms. The summed E-state index contributed by atoms with van der Waals surface area (Å²) in [5.41, 5.74) is 4.64. The largest absolute Gasteiger partial charge is 0.386 e. The molecule has 0 aliphatic carbocycles. The highest BCUT2D eigenvalue weighted by atomic mass is 19.1. The van der Waals surface area contributed by atoms with Gasteiger partial charge in [-0.15, -0.1) is 5.10 Å². The van der Waals surface area contributed by atoms with Crippen LogP contribution in [-0.2, 0) is 12.6 Å². The maximum Gasteiger partial charge on any atom is 0.146 e. The number of pyridine rings is 3. The van der Waals surface area contributed by atoms with E-state index in [-0.39, 0.29) is 11.9 Å². The molecule has 5 heterocycles. The number of aromatic nitrogens is 7. The van der Waals surface area contributed by atoms with Crippen LogP contribution in [0.25, 0.3) is 33.3 Å². The number of rotatable bonds is 6. The number of aliphatic hydroxyl groups is 1. The molecule has 0 radical (unpaired) electrons. The lowest BCUT2D eigenvalue weighted by Crippen LogP contribution is -2.17. The fourth-order valence-corrected chi connectivity index (χ4v) is 4.72. The zero-order valence-electron chi connectivity index (χ0n) is 20.5. The molecular weight excluding hydrogens is 445 g/mol. The van der Waals surface area contributed by atoms with Gasteiger partial charge in [-0.2, -0.15) is 0 Å². The number of hydrogen-bond acceptors (Lipinski definition) is 6. The van der Waals surface area contributed by atoms with Crippen molar-refractivity contribution >= 4 is 21.9 Å². The lowest BCUT2D eigenvalue weighted by molar-refractivity contribution is 0.0784. The zero-order valence-corrected chi connectivity index (χ0v) is 20.5. The zero-order chi connectivity index (χ0) is 24.9. The molecule has 5 aromatic heterocycles. The Morgan fingerprint density at radius 2 is 1.91 bits per heavy atom. The van der Waals surface area contributed by atoms with Gasteiger partial charge in [-0.05, 0) is 51.5 Å². The molecule has 1 N–H and O–H groups in total. The minimum atomic E-state index is -1.08. The van der Waals surface area contributed by atoms with Crippen molar-refractivity contribution in [2.75, 3.05) is 0 Å². The molecule has 0 amide bonds. The molecule has 0 aliphatic rings. The van der Waals surface area contributed by atoms with Gasteiger partial charge >= 0.3 is 0 Å². The van der Waals surface area contributed by atoms with Crippen molar-refractivity contribution in [3.8, 4) is 11.4 Å². The molecule has 5 rings (SSSR count). The Hall–Kier alpha value is -3.72. The Labute approximate surface area is 202 Å². The van der Waals surface area contributed by atoms with Crippen molar-refractivity contribution in [1.29, 1.82) is 0 Å². The summed E-state index contributed by atoms with van der Waals surface area (Å²) in [4.78, 5) is 13.9. The average Bonchev–Trinajstić information content (AvgIpc) is 3.32. The molecule has 0 aromatic carbocycles. The monoisotopic (exact) mass is 473 g/mol. The average molecular weight is 474 g/mol. The molecule has 0 bridgehead atoms. The second-order valence-corrected chi connectivity index (χ2v) is 9.43. The fourth-order valence-electron chi connectivity index (χ4n) is 4.72. The van der Waals surface area contributed by atoms with Gasteiger partial charge in [0.25, 0.3) is 0 Å². The molecule has 5 aromatic rings. The van der Waals surface area contributed by atoms with Gasteiger partial charge in [0.15, 0.2) is 0 Å². The molecule has 1 atom stereocenters. The SMILES string of the molecule is CCCC(c1ncccc1F)n1c2cc(-c3c(C)nnn3C)ncc2c2ncc(C(C)(C)O)cc21. The van der Waals surface area contributed by atoms with Gasteiger partial charge in [-0.1, -0.05) is 18.6 Å². The predicted molar refractivity (Wildman–Crippen MR) is 132 cm³/mol. The second-order valence-electron chi connectivity index (χ2n) is 9.43. The van der Waals surface area contributed by atoms with Gasteiger partial charge in [0.1, 0.15) is 11.5 Å². The third-order valence-electron chi connectivity index (χ3n) is 6.44. The molecule has 8 nitrogen and oxygen atoms in total. The summed E-state index contributed by atoms with van der Waals surface area (Å²) in [6, 6.07) is 6.58. The van der Waals surface area contributed by atoms with Crippen LogP contribution in [0.4, 0.5) is 4.39 Å². The quantitative estimate of drug-likeness (QED) is 0.379. The summed E-state index contributed by atoms with van der Waals surface area (Å²) < 4.78 is 18.9. The van der Waals surface area contributed by atoms with Gasteiger partial charge in [0.05, 0.1) is 45.3 Å². The van der Waals surface area contributed by atoms with Crippen LogP contribution in [0.3, 0.4) is 0 Å². The topological polar surface area (TPSA) is 94.5 Å². The van der Waals surface area contributed by atoms with Gasteiger partial charge in [-0.25, -0.2) is 9.07 Å². The lowest BCUT2D eigenvalue weighted by Gasteiger charge is -2.22. The molecule has 0 aliphatic heterocycles. The molecule has 1 unspecified atom stereocenters. The van der Waals surface area contributed by atoms with E-state index in [0.29, 0.717) is 23.4 Å². The van der Waals surface area contributed by atoms with E-state index < -0.39 is 5.60 Å². The smallest absolute Gasteiger partial charge is 0.146 e. The standard InChI is InChI=1S/C26H28FN7O/c1-6-8-20(24-18(27)9-7-10-28-24)34-21-12-19(25-15(2)31-32-33(25)5)29-14-17(21)23-22(34)11-16(13-30-23)26(3,4)35/h7,9-14,20,35H,6,8H2,1-5H3. The van der Waals surface area contributed by atoms with Gasteiger partial charge in [0.2, 0.25) is 0 Å². The lowest BCUT2D eigenvalue weighted by atomic mass is 10.00. The summed E-state index contributed by atoms with van der Waals surface area (Å²) >= 11 is 0. The molecule has 0 fully saturated rings. The van der Waals surface area contributed by atoms with Gasteiger partial charge < -0.3 is 9.67 Å². The number of aryl methyl sites for hydroxylation is 2. The Kier molecular flexibility index (Phi) is 5.59. The predicted octanol–water partition coefficient (Wildman–Crippen LogP) is 4.84. The minimum Gasteiger partial charge on any atom is -0.386 e. The second kappa shape index (κ2) is 8.49. The Bertz CT molecular complexity index is 1530. The van der Waals surface area contributed by atoms with Crippen molar-refractivity contribution in [3.63, 3.8) is 0 Å². The van der Waals surface area contributed by atoms with E-state index in [1.54, 1.807) is 43.2 Å². The fraction of sp³-hybridized carbons (Fsp3) is 0.346. The van der Waals surface area contributed by atoms with E-state index in [1.165, 1.54) is 6.07 Å². The highest BCUT2D eigenvalue weighted by Crippen LogP contribution is 2.38. The summed E-state index contributed by atoms with van der Waals surface area (Å²) in [6.07, 6.45) is 6.59. The van der Waals surface area contributed by atoms with Crippen LogP contribution in [0.2, 0.25) is 0 Å². The number of nitrogens with zero attached hydrogens (tertiary/aromatic N) is 7. The van der Waals surface area contributed by atoms with Crippen LogP contribution < -0.4 is 0 Å². The highest BCUT2D eigenvalue weighted by Gasteiger charge is 2.27. The molecule has 35 heavy (non-hydrogen) atoms. The third-order valence-corrected chi connectivity index (χ3v) is 6.44. The van der Waals surface area contributed by atoms with E-state index in [1.807, 2.05) is 26.1 Å². The number of fused-ring (bicyclic) bond motifs is 3. The van der Waals surface area contributed by atoms with Crippen LogP contribution in [0.15, 0.2) is 42.9 Å². The third kappa shape index (κ3) is 3.85. The van der Waals surface area contributed by atoms with Crippen LogP contribution in [0.5, 0.6) is 0 Å². The maximum atomic E-state index is 15.1. The van der Waals surface area contributed by atoms with Gasteiger partial charge in [0, 0.05) is 36.6 Å². The molecule has 0 spiro atoms. The summed E-state index contributed by atoms with van der Waals surface area (Å²) in [7, 11) is 1.83. The maximum absolute atomic E-state index is 15.1. The highest BCUT2D eigenvalue weighted by molar-refractivity contribution is 6.06. The van der Waals surface area contributed by atoms with E-state index in [4.69, 9.17) is 9.97 Å². The molecule has 0 saturated carbocycles. The van der Waals surface area contributed by atoms with Crippen molar-refractivity contribution in [2.24, 2.45) is 7.05 Å². The normalized spacial score (nSPS) is 13.1. The number of halogens is 1. The summed E-state index contributed by atoms with van der Waals surface area (Å²) in [5.74, 6) is -0.353. The van der Waals surface area contributed by atoms with Gasteiger partial charge in [-0.3, -0.25) is 15.0 Å². The summed E-state index contributed by atoms with van der Waals surface area (Å²) in [6.45, 7) is 7.41. The first-order valence-electron chi connectivity index (χ1n) is 11.7. The molecule has 180 valence electrons. The van der Waals surface area contributed by atoms with Crippen molar-refractivity contribution < 1.29 is 9.50 Å². The molecular formula is C26H28FN7O. The molecule has 0 saturated heterocycles. The van der Waals surface area contributed by atoms with Crippen molar-refractivity contribution in [1.82, 2.24) is 34.5 Å². The Morgan fingerprint density at radius 3 is 2.57 bits per heavy atom. The summed E-state index contributed by atoms with van der Waals surface area (Å²) in [5, 5.41) is 19.8. The van der Waals surface area contributed by atoms with E-state index in [2.05, 4.69) is 26.8 Å². The number of hydrogen-bond donors (Lipinski definition) is 1.